The zero-order valence-corrected chi connectivity index (χ0v) is 12.7. The standard InChI is InChI=1S/C15H29N3O/c1-4-6-9-13-15(19)18(14(5-2)16-13)11-12-8-7-10-17(12)3/h12-14,16H,4-11H2,1-3H3. The molecule has 0 aliphatic carbocycles. The first-order chi connectivity index (χ1) is 9.17. The number of rotatable bonds is 6. The molecule has 4 heteroatoms. The molecule has 0 aromatic heterocycles. The van der Waals surface area contributed by atoms with E-state index < -0.39 is 0 Å². The Balaban J connectivity index is 1.95. The van der Waals surface area contributed by atoms with Crippen LogP contribution in [-0.4, -0.2) is 54.1 Å². The number of hydrogen-bond acceptors (Lipinski definition) is 3. The van der Waals surface area contributed by atoms with Gasteiger partial charge in [0.1, 0.15) is 0 Å². The van der Waals surface area contributed by atoms with Crippen molar-refractivity contribution in [2.24, 2.45) is 0 Å². The maximum atomic E-state index is 12.5. The van der Waals surface area contributed by atoms with Crippen LogP contribution in [0, 0.1) is 0 Å². The van der Waals surface area contributed by atoms with E-state index in [4.69, 9.17) is 0 Å². The molecular weight excluding hydrogens is 238 g/mol. The molecule has 0 aromatic carbocycles. The summed E-state index contributed by atoms with van der Waals surface area (Å²) in [5, 5.41) is 3.52. The van der Waals surface area contributed by atoms with E-state index >= 15 is 0 Å². The molecule has 110 valence electrons. The number of unbranched alkanes of at least 4 members (excludes halogenated alkanes) is 1. The van der Waals surface area contributed by atoms with Crippen LogP contribution in [0.25, 0.3) is 0 Å². The Morgan fingerprint density at radius 3 is 2.74 bits per heavy atom. The first kappa shape index (κ1) is 14.8. The lowest BCUT2D eigenvalue weighted by atomic mass is 10.1. The van der Waals surface area contributed by atoms with Gasteiger partial charge in [0.2, 0.25) is 5.91 Å². The Morgan fingerprint density at radius 2 is 2.16 bits per heavy atom. The van der Waals surface area contributed by atoms with Crippen molar-refractivity contribution < 1.29 is 4.79 Å². The first-order valence-corrected chi connectivity index (χ1v) is 7.94. The van der Waals surface area contributed by atoms with Crippen LogP contribution in [0.3, 0.4) is 0 Å². The number of carbonyl (C=O) groups is 1. The first-order valence-electron chi connectivity index (χ1n) is 7.94. The van der Waals surface area contributed by atoms with Crippen LogP contribution < -0.4 is 5.32 Å². The van der Waals surface area contributed by atoms with Gasteiger partial charge in [0.25, 0.3) is 0 Å². The average Bonchev–Trinajstić information content (AvgIpc) is 2.94. The van der Waals surface area contributed by atoms with Gasteiger partial charge in [-0.05, 0) is 39.3 Å². The molecule has 0 radical (unpaired) electrons. The molecular formula is C15H29N3O. The zero-order chi connectivity index (χ0) is 13.8. The SMILES string of the molecule is CCCCC1NC(CC)N(CC2CCCN2C)C1=O. The van der Waals surface area contributed by atoms with Crippen molar-refractivity contribution in [2.45, 2.75) is 70.6 Å². The van der Waals surface area contributed by atoms with Crippen molar-refractivity contribution in [1.29, 1.82) is 0 Å². The Labute approximate surface area is 117 Å². The van der Waals surface area contributed by atoms with Crippen LogP contribution in [-0.2, 0) is 4.79 Å². The zero-order valence-electron chi connectivity index (χ0n) is 12.7. The molecule has 2 fully saturated rings. The summed E-state index contributed by atoms with van der Waals surface area (Å²) in [5.74, 6) is 0.334. The Morgan fingerprint density at radius 1 is 1.37 bits per heavy atom. The summed E-state index contributed by atoms with van der Waals surface area (Å²) < 4.78 is 0. The molecule has 0 bridgehead atoms. The van der Waals surface area contributed by atoms with Gasteiger partial charge in [-0.25, -0.2) is 0 Å². The van der Waals surface area contributed by atoms with Crippen molar-refractivity contribution in [3.8, 4) is 0 Å². The van der Waals surface area contributed by atoms with Crippen LogP contribution in [0.4, 0.5) is 0 Å². The second-order valence-electron chi connectivity index (χ2n) is 6.05. The highest BCUT2D eigenvalue weighted by Crippen LogP contribution is 2.22. The predicted octanol–water partition coefficient (Wildman–Crippen LogP) is 1.81. The maximum Gasteiger partial charge on any atom is 0.241 e. The predicted molar refractivity (Wildman–Crippen MR) is 77.9 cm³/mol. The molecule has 0 aromatic rings. The highest BCUT2D eigenvalue weighted by atomic mass is 16.2. The highest BCUT2D eigenvalue weighted by Gasteiger charge is 2.39. The molecule has 3 unspecified atom stereocenters. The molecule has 0 spiro atoms. The monoisotopic (exact) mass is 267 g/mol. The molecule has 2 heterocycles. The van der Waals surface area contributed by atoms with Crippen LogP contribution in [0.5, 0.6) is 0 Å². The molecule has 3 atom stereocenters. The third kappa shape index (κ3) is 3.29. The summed E-state index contributed by atoms with van der Waals surface area (Å²) in [6, 6.07) is 0.626. The van der Waals surface area contributed by atoms with Crippen molar-refractivity contribution in [3.05, 3.63) is 0 Å². The normalized spacial score (nSPS) is 32.5. The van der Waals surface area contributed by atoms with Crippen molar-refractivity contribution in [3.63, 3.8) is 0 Å². The number of likely N-dealkylation sites (N-methyl/N-ethyl adjacent to an activating group) is 1. The van der Waals surface area contributed by atoms with E-state index in [-0.39, 0.29) is 12.2 Å². The topological polar surface area (TPSA) is 35.6 Å². The fourth-order valence-corrected chi connectivity index (χ4v) is 3.35. The van der Waals surface area contributed by atoms with Gasteiger partial charge >= 0.3 is 0 Å². The van der Waals surface area contributed by atoms with Gasteiger partial charge in [-0.3, -0.25) is 10.1 Å². The van der Waals surface area contributed by atoms with Crippen LogP contribution >= 0.6 is 0 Å². The third-order valence-electron chi connectivity index (χ3n) is 4.66. The largest absolute Gasteiger partial charge is 0.324 e. The number of hydrogen-bond donors (Lipinski definition) is 1. The summed E-state index contributed by atoms with van der Waals surface area (Å²) in [6.07, 6.45) is 7.05. The summed E-state index contributed by atoms with van der Waals surface area (Å²) in [7, 11) is 2.18. The van der Waals surface area contributed by atoms with Crippen molar-refractivity contribution in [2.75, 3.05) is 20.1 Å². The van der Waals surface area contributed by atoms with Gasteiger partial charge in [0.15, 0.2) is 0 Å². The van der Waals surface area contributed by atoms with Gasteiger partial charge in [0.05, 0.1) is 12.2 Å². The van der Waals surface area contributed by atoms with Gasteiger partial charge in [-0.1, -0.05) is 26.7 Å². The maximum absolute atomic E-state index is 12.5. The minimum atomic E-state index is 0.0663. The lowest BCUT2D eigenvalue weighted by Gasteiger charge is -2.29. The molecule has 2 saturated heterocycles. The Hall–Kier alpha value is -0.610. The van der Waals surface area contributed by atoms with E-state index in [1.54, 1.807) is 0 Å². The van der Waals surface area contributed by atoms with Gasteiger partial charge in [-0.15, -0.1) is 0 Å². The quantitative estimate of drug-likeness (QED) is 0.797. The van der Waals surface area contributed by atoms with Crippen LogP contribution in [0.1, 0.15) is 52.4 Å². The van der Waals surface area contributed by atoms with E-state index in [9.17, 15) is 4.79 Å². The minimum absolute atomic E-state index is 0.0663. The van der Waals surface area contributed by atoms with E-state index in [1.165, 1.54) is 19.4 Å². The molecule has 2 aliphatic heterocycles. The molecule has 2 aliphatic rings. The number of amides is 1. The second kappa shape index (κ2) is 6.71. The smallest absolute Gasteiger partial charge is 0.241 e. The molecule has 19 heavy (non-hydrogen) atoms. The highest BCUT2D eigenvalue weighted by molar-refractivity contribution is 5.84. The van der Waals surface area contributed by atoms with Gasteiger partial charge in [-0.2, -0.15) is 0 Å². The summed E-state index contributed by atoms with van der Waals surface area (Å²) in [6.45, 7) is 6.43. The molecule has 4 nitrogen and oxygen atoms in total. The second-order valence-corrected chi connectivity index (χ2v) is 6.05. The lowest BCUT2D eigenvalue weighted by molar-refractivity contribution is -0.130. The minimum Gasteiger partial charge on any atom is -0.324 e. The van der Waals surface area contributed by atoms with Crippen molar-refractivity contribution in [1.82, 2.24) is 15.1 Å². The molecule has 1 N–H and O–H groups in total. The number of nitrogens with one attached hydrogen (secondary N) is 1. The summed E-state index contributed by atoms with van der Waals surface area (Å²) >= 11 is 0. The van der Waals surface area contributed by atoms with E-state index in [0.717, 1.165) is 32.2 Å². The molecule has 0 saturated carbocycles. The van der Waals surface area contributed by atoms with E-state index in [1.807, 2.05) is 0 Å². The lowest BCUT2D eigenvalue weighted by Crippen LogP contribution is -2.44. The van der Waals surface area contributed by atoms with Crippen LogP contribution in [0.15, 0.2) is 0 Å². The van der Waals surface area contributed by atoms with Crippen molar-refractivity contribution >= 4 is 5.91 Å². The third-order valence-corrected chi connectivity index (χ3v) is 4.66. The fourth-order valence-electron chi connectivity index (χ4n) is 3.35. The number of carbonyl (C=O) groups excluding carboxylic acids is 1. The summed E-state index contributed by atoms with van der Waals surface area (Å²) in [5.41, 5.74) is 0. The summed E-state index contributed by atoms with van der Waals surface area (Å²) in [4.78, 5) is 17.0. The fraction of sp³-hybridized carbons (Fsp3) is 0.933. The molecule has 1 amide bonds. The van der Waals surface area contributed by atoms with Gasteiger partial charge < -0.3 is 9.80 Å². The molecule has 2 rings (SSSR count). The number of nitrogens with zero attached hydrogens (tertiary/aromatic N) is 2. The Kier molecular flexibility index (Phi) is 5.22. The average molecular weight is 267 g/mol. The van der Waals surface area contributed by atoms with Gasteiger partial charge in [0, 0.05) is 12.6 Å². The number of likely N-dealkylation sites (tertiary alicyclic amines) is 1. The van der Waals surface area contributed by atoms with Crippen LogP contribution in [0.2, 0.25) is 0 Å². The van der Waals surface area contributed by atoms with E-state index in [0.29, 0.717) is 11.9 Å². The van der Waals surface area contributed by atoms with E-state index in [2.05, 4.69) is 36.0 Å². The Bertz CT molecular complexity index is 308.